The van der Waals surface area contributed by atoms with Gasteiger partial charge in [0.1, 0.15) is 12.4 Å². The third kappa shape index (κ3) is 4.22. The van der Waals surface area contributed by atoms with Crippen molar-refractivity contribution in [3.8, 4) is 46.0 Å². The maximum atomic E-state index is 5.63. The van der Waals surface area contributed by atoms with Gasteiger partial charge in [-0.2, -0.15) is 0 Å². The summed E-state index contributed by atoms with van der Waals surface area (Å²) in [6.45, 7) is 0.402. The van der Waals surface area contributed by atoms with Gasteiger partial charge in [0.2, 0.25) is 5.75 Å². The van der Waals surface area contributed by atoms with Gasteiger partial charge in [0.15, 0.2) is 11.5 Å². The molecule has 0 saturated carbocycles. The predicted molar refractivity (Wildman–Crippen MR) is 101 cm³/mol. The Morgan fingerprint density at radius 1 is 0.731 bits per heavy atom. The van der Waals surface area contributed by atoms with Gasteiger partial charge in [-0.1, -0.05) is 17.9 Å². The molecule has 0 bridgehead atoms. The molecule has 0 spiro atoms. The van der Waals surface area contributed by atoms with Crippen LogP contribution in [0.1, 0.15) is 5.56 Å². The highest BCUT2D eigenvalue weighted by molar-refractivity contribution is 5.79. The standard InChI is InChI=1S/C21H24O5/c1-22-13-7-6-8-15-14-16(23-2)9-10-17(15)18-11-12-19(24-3)21(26-5)20(18)25-4/h9-12,14H,8,13H2,1-5H3. The molecule has 5 nitrogen and oxygen atoms in total. The van der Waals surface area contributed by atoms with Crippen molar-refractivity contribution in [2.45, 2.75) is 6.42 Å². The van der Waals surface area contributed by atoms with Crippen molar-refractivity contribution >= 4 is 0 Å². The summed E-state index contributed by atoms with van der Waals surface area (Å²) in [5, 5.41) is 0. The summed E-state index contributed by atoms with van der Waals surface area (Å²) in [5.74, 6) is 8.66. The topological polar surface area (TPSA) is 46.2 Å². The molecule has 0 heterocycles. The molecule has 0 aliphatic heterocycles. The first-order valence-corrected chi connectivity index (χ1v) is 8.11. The third-order valence-electron chi connectivity index (χ3n) is 3.93. The quantitative estimate of drug-likeness (QED) is 0.710. The van der Waals surface area contributed by atoms with Crippen molar-refractivity contribution in [2.75, 3.05) is 42.2 Å². The van der Waals surface area contributed by atoms with Gasteiger partial charge in [0.25, 0.3) is 0 Å². The van der Waals surface area contributed by atoms with E-state index in [1.165, 1.54) is 0 Å². The van der Waals surface area contributed by atoms with Crippen LogP contribution in [0.15, 0.2) is 30.3 Å². The van der Waals surface area contributed by atoms with E-state index in [4.69, 9.17) is 23.7 Å². The summed E-state index contributed by atoms with van der Waals surface area (Å²) in [6.07, 6.45) is 0.563. The Morgan fingerprint density at radius 2 is 1.46 bits per heavy atom. The van der Waals surface area contributed by atoms with E-state index >= 15 is 0 Å². The van der Waals surface area contributed by atoms with E-state index in [0.29, 0.717) is 30.3 Å². The summed E-state index contributed by atoms with van der Waals surface area (Å²) in [5.41, 5.74) is 2.92. The van der Waals surface area contributed by atoms with E-state index < -0.39 is 0 Å². The van der Waals surface area contributed by atoms with Gasteiger partial charge in [-0.15, -0.1) is 0 Å². The minimum Gasteiger partial charge on any atom is -0.497 e. The van der Waals surface area contributed by atoms with Crippen LogP contribution in [-0.2, 0) is 11.2 Å². The van der Waals surface area contributed by atoms with Crippen LogP contribution < -0.4 is 18.9 Å². The van der Waals surface area contributed by atoms with Crippen molar-refractivity contribution in [3.05, 3.63) is 35.9 Å². The number of benzene rings is 2. The molecule has 0 N–H and O–H groups in total. The summed E-state index contributed by atoms with van der Waals surface area (Å²) >= 11 is 0. The Labute approximate surface area is 154 Å². The van der Waals surface area contributed by atoms with Crippen LogP contribution in [0.2, 0.25) is 0 Å². The maximum Gasteiger partial charge on any atom is 0.203 e. The van der Waals surface area contributed by atoms with Crippen molar-refractivity contribution in [2.24, 2.45) is 0 Å². The monoisotopic (exact) mass is 356 g/mol. The molecule has 2 aromatic rings. The van der Waals surface area contributed by atoms with Crippen LogP contribution in [0.25, 0.3) is 11.1 Å². The first-order valence-electron chi connectivity index (χ1n) is 8.11. The van der Waals surface area contributed by atoms with Crippen LogP contribution in [0, 0.1) is 11.8 Å². The highest BCUT2D eigenvalue weighted by atomic mass is 16.5. The maximum absolute atomic E-state index is 5.63. The SMILES string of the molecule is COCC#CCc1cc(OC)ccc1-c1ccc(OC)c(OC)c1OC. The molecule has 0 unspecified atom stereocenters. The fourth-order valence-corrected chi connectivity index (χ4v) is 2.70. The molecule has 138 valence electrons. The van der Waals surface area contributed by atoms with E-state index in [-0.39, 0.29) is 0 Å². The van der Waals surface area contributed by atoms with Crippen LogP contribution in [0.4, 0.5) is 0 Å². The lowest BCUT2D eigenvalue weighted by Gasteiger charge is -2.17. The van der Waals surface area contributed by atoms with Crippen LogP contribution in [0.3, 0.4) is 0 Å². The molecule has 0 fully saturated rings. The van der Waals surface area contributed by atoms with E-state index in [1.807, 2.05) is 30.3 Å². The van der Waals surface area contributed by atoms with Crippen LogP contribution in [-0.4, -0.2) is 42.2 Å². The molecule has 2 aromatic carbocycles. The van der Waals surface area contributed by atoms with Gasteiger partial charge in [-0.25, -0.2) is 0 Å². The highest BCUT2D eigenvalue weighted by Crippen LogP contribution is 2.45. The van der Waals surface area contributed by atoms with Gasteiger partial charge in [0, 0.05) is 19.1 Å². The average Bonchev–Trinajstić information content (AvgIpc) is 2.69. The zero-order valence-electron chi connectivity index (χ0n) is 15.8. The van der Waals surface area contributed by atoms with Crippen LogP contribution >= 0.6 is 0 Å². The average molecular weight is 356 g/mol. The zero-order valence-corrected chi connectivity index (χ0v) is 15.8. The molecule has 0 aromatic heterocycles. The minimum atomic E-state index is 0.402. The molecule has 0 aliphatic carbocycles. The molecule has 0 saturated heterocycles. The van der Waals surface area contributed by atoms with E-state index in [2.05, 4.69) is 11.8 Å². The number of hydrogen-bond donors (Lipinski definition) is 0. The minimum absolute atomic E-state index is 0.402. The second-order valence-corrected chi connectivity index (χ2v) is 5.37. The van der Waals surface area contributed by atoms with Crippen molar-refractivity contribution in [1.82, 2.24) is 0 Å². The Morgan fingerprint density at radius 3 is 2.08 bits per heavy atom. The normalized spacial score (nSPS) is 9.88. The first kappa shape index (κ1) is 19.5. The Hall–Kier alpha value is -2.84. The Balaban J connectivity index is 2.59. The Kier molecular flexibility index (Phi) is 7.19. The smallest absolute Gasteiger partial charge is 0.203 e. The van der Waals surface area contributed by atoms with Crippen molar-refractivity contribution in [3.63, 3.8) is 0 Å². The largest absolute Gasteiger partial charge is 0.497 e. The van der Waals surface area contributed by atoms with Crippen molar-refractivity contribution in [1.29, 1.82) is 0 Å². The highest BCUT2D eigenvalue weighted by Gasteiger charge is 2.19. The summed E-state index contributed by atoms with van der Waals surface area (Å²) in [7, 11) is 8.07. The molecule has 5 heteroatoms. The molecular formula is C21H24O5. The van der Waals surface area contributed by atoms with E-state index in [0.717, 1.165) is 22.4 Å². The number of hydrogen-bond acceptors (Lipinski definition) is 5. The molecule has 0 atom stereocenters. The molecule has 0 amide bonds. The number of methoxy groups -OCH3 is 5. The van der Waals surface area contributed by atoms with Gasteiger partial charge < -0.3 is 23.7 Å². The fraction of sp³-hybridized carbons (Fsp3) is 0.333. The summed E-state index contributed by atoms with van der Waals surface area (Å²) < 4.78 is 26.8. The lowest BCUT2D eigenvalue weighted by atomic mass is 9.96. The van der Waals surface area contributed by atoms with Gasteiger partial charge in [-0.05, 0) is 35.4 Å². The third-order valence-corrected chi connectivity index (χ3v) is 3.93. The first-order chi connectivity index (χ1) is 12.7. The number of rotatable bonds is 7. The molecular weight excluding hydrogens is 332 g/mol. The van der Waals surface area contributed by atoms with Gasteiger partial charge in [0.05, 0.1) is 28.4 Å². The van der Waals surface area contributed by atoms with Crippen LogP contribution in [0.5, 0.6) is 23.0 Å². The predicted octanol–water partition coefficient (Wildman–Crippen LogP) is 3.58. The second-order valence-electron chi connectivity index (χ2n) is 5.37. The second kappa shape index (κ2) is 9.59. The van der Waals surface area contributed by atoms with Crippen molar-refractivity contribution < 1.29 is 23.7 Å². The number of ether oxygens (including phenoxy) is 5. The Bertz CT molecular complexity index is 802. The lowest BCUT2D eigenvalue weighted by molar-refractivity contribution is 0.239. The molecule has 2 rings (SSSR count). The van der Waals surface area contributed by atoms with Gasteiger partial charge >= 0.3 is 0 Å². The lowest BCUT2D eigenvalue weighted by Crippen LogP contribution is -1.99. The zero-order chi connectivity index (χ0) is 18.9. The summed E-state index contributed by atoms with van der Waals surface area (Å²) in [4.78, 5) is 0. The molecule has 0 aliphatic rings. The van der Waals surface area contributed by atoms with Gasteiger partial charge in [-0.3, -0.25) is 0 Å². The van der Waals surface area contributed by atoms with E-state index in [1.54, 1.807) is 35.5 Å². The fourth-order valence-electron chi connectivity index (χ4n) is 2.70. The summed E-state index contributed by atoms with van der Waals surface area (Å²) in [6, 6.07) is 9.70. The molecule has 26 heavy (non-hydrogen) atoms. The molecule has 0 radical (unpaired) electrons. The van der Waals surface area contributed by atoms with E-state index in [9.17, 15) is 0 Å².